The summed E-state index contributed by atoms with van der Waals surface area (Å²) in [5, 5.41) is 2.88. The molecule has 3 aromatic rings. The standard InChI is InChI=1S/C29H33F2N3O4S/c1-3-4-17-32-29(36)27(18-22-9-6-5-7-10-22)33(20-23-13-15-24(30)16-14-23)28(35)21-34(39(2,37)38)26-12-8-11-25(31)19-26/h5-16,19,27H,3-4,17-18,20-21H2,1-2H3,(H,32,36)/t27-/m1/s1. The van der Waals surface area contributed by atoms with Gasteiger partial charge in [-0.15, -0.1) is 0 Å². The molecule has 0 aliphatic heterocycles. The Morgan fingerprint density at radius 2 is 1.59 bits per heavy atom. The van der Waals surface area contributed by atoms with E-state index in [1.54, 1.807) is 0 Å². The van der Waals surface area contributed by atoms with E-state index in [1.165, 1.54) is 47.4 Å². The number of halogens is 2. The summed E-state index contributed by atoms with van der Waals surface area (Å²) in [5.41, 5.74) is 1.34. The van der Waals surface area contributed by atoms with Gasteiger partial charge in [-0.3, -0.25) is 13.9 Å². The van der Waals surface area contributed by atoms with Crippen LogP contribution in [0.5, 0.6) is 0 Å². The highest BCUT2D eigenvalue weighted by Gasteiger charge is 2.33. The van der Waals surface area contributed by atoms with Crippen molar-refractivity contribution in [3.63, 3.8) is 0 Å². The largest absolute Gasteiger partial charge is 0.354 e. The van der Waals surface area contributed by atoms with Gasteiger partial charge in [0.25, 0.3) is 0 Å². The number of anilines is 1. The molecule has 0 aliphatic rings. The van der Waals surface area contributed by atoms with Gasteiger partial charge in [0, 0.05) is 19.5 Å². The lowest BCUT2D eigenvalue weighted by molar-refractivity contribution is -0.140. The van der Waals surface area contributed by atoms with Crippen molar-refractivity contribution in [3.8, 4) is 0 Å². The molecule has 0 unspecified atom stereocenters. The maximum Gasteiger partial charge on any atom is 0.244 e. The Labute approximate surface area is 228 Å². The van der Waals surface area contributed by atoms with Crippen LogP contribution in [0.4, 0.5) is 14.5 Å². The third-order valence-electron chi connectivity index (χ3n) is 6.14. The average molecular weight is 558 g/mol. The van der Waals surface area contributed by atoms with Gasteiger partial charge in [-0.2, -0.15) is 0 Å². The van der Waals surface area contributed by atoms with Crippen molar-refractivity contribution in [3.05, 3.63) is 102 Å². The maximum absolute atomic E-state index is 14.0. The van der Waals surface area contributed by atoms with Gasteiger partial charge in [-0.1, -0.05) is 61.9 Å². The molecule has 1 atom stereocenters. The molecular formula is C29H33F2N3O4S. The first kappa shape index (κ1) is 29.8. The molecule has 1 N–H and O–H groups in total. The van der Waals surface area contributed by atoms with E-state index in [0.29, 0.717) is 12.1 Å². The van der Waals surface area contributed by atoms with Crippen LogP contribution >= 0.6 is 0 Å². The Morgan fingerprint density at radius 1 is 0.897 bits per heavy atom. The van der Waals surface area contributed by atoms with Gasteiger partial charge in [0.05, 0.1) is 11.9 Å². The smallest absolute Gasteiger partial charge is 0.244 e. The second-order valence-electron chi connectivity index (χ2n) is 9.25. The van der Waals surface area contributed by atoms with Gasteiger partial charge in [-0.05, 0) is 47.9 Å². The zero-order valence-electron chi connectivity index (χ0n) is 22.0. The van der Waals surface area contributed by atoms with Gasteiger partial charge in [0.1, 0.15) is 24.2 Å². The van der Waals surface area contributed by atoms with Crippen LogP contribution in [0.15, 0.2) is 78.9 Å². The van der Waals surface area contributed by atoms with Crippen LogP contribution in [0.2, 0.25) is 0 Å². The van der Waals surface area contributed by atoms with Crippen molar-refractivity contribution in [1.82, 2.24) is 10.2 Å². The number of carbonyl (C=O) groups excluding carboxylic acids is 2. The van der Waals surface area contributed by atoms with Crippen LogP contribution in [0.25, 0.3) is 0 Å². The number of amides is 2. The van der Waals surface area contributed by atoms with Crippen LogP contribution in [-0.2, 0) is 32.6 Å². The van der Waals surface area contributed by atoms with Gasteiger partial charge in [0.2, 0.25) is 21.8 Å². The summed E-state index contributed by atoms with van der Waals surface area (Å²) in [6.07, 6.45) is 2.70. The molecule has 0 aromatic heterocycles. The van der Waals surface area contributed by atoms with Crippen molar-refractivity contribution < 1.29 is 26.8 Å². The van der Waals surface area contributed by atoms with Crippen LogP contribution in [0.3, 0.4) is 0 Å². The highest BCUT2D eigenvalue weighted by atomic mass is 32.2. The first-order valence-electron chi connectivity index (χ1n) is 12.7. The minimum atomic E-state index is -4.00. The lowest BCUT2D eigenvalue weighted by Crippen LogP contribution is -2.53. The zero-order chi connectivity index (χ0) is 28.4. The van der Waals surface area contributed by atoms with Crippen LogP contribution < -0.4 is 9.62 Å². The molecule has 0 radical (unpaired) electrons. The molecule has 0 fully saturated rings. The normalized spacial score (nSPS) is 12.0. The van der Waals surface area contributed by atoms with Gasteiger partial charge in [-0.25, -0.2) is 17.2 Å². The number of carbonyl (C=O) groups is 2. The number of benzene rings is 3. The molecule has 0 aliphatic carbocycles. The van der Waals surface area contributed by atoms with E-state index >= 15 is 0 Å². The lowest BCUT2D eigenvalue weighted by Gasteiger charge is -2.33. The van der Waals surface area contributed by atoms with Crippen LogP contribution in [0, 0.1) is 11.6 Å². The number of hydrogen-bond acceptors (Lipinski definition) is 4. The van der Waals surface area contributed by atoms with Gasteiger partial charge in [0.15, 0.2) is 0 Å². The number of rotatable bonds is 13. The summed E-state index contributed by atoms with van der Waals surface area (Å²) < 4.78 is 53.7. The topological polar surface area (TPSA) is 86.8 Å². The monoisotopic (exact) mass is 557 g/mol. The van der Waals surface area contributed by atoms with Crippen molar-refractivity contribution in [2.45, 2.75) is 38.8 Å². The van der Waals surface area contributed by atoms with E-state index < -0.39 is 40.2 Å². The average Bonchev–Trinajstić information content (AvgIpc) is 2.90. The Hall–Kier alpha value is -3.79. The molecule has 3 rings (SSSR count). The highest BCUT2D eigenvalue weighted by Crippen LogP contribution is 2.21. The van der Waals surface area contributed by atoms with E-state index in [0.717, 1.165) is 35.0 Å². The van der Waals surface area contributed by atoms with E-state index in [9.17, 15) is 26.8 Å². The molecule has 208 valence electrons. The number of sulfonamides is 1. The number of nitrogens with one attached hydrogen (secondary N) is 1. The first-order chi connectivity index (χ1) is 18.6. The third kappa shape index (κ3) is 8.88. The van der Waals surface area contributed by atoms with Crippen LogP contribution in [-0.4, -0.2) is 50.5 Å². The Kier molecular flexibility index (Phi) is 10.6. The Bertz CT molecular complexity index is 1350. The molecule has 0 saturated carbocycles. The predicted octanol–water partition coefficient (Wildman–Crippen LogP) is 4.29. The molecule has 0 bridgehead atoms. The van der Waals surface area contributed by atoms with E-state index in [-0.39, 0.29) is 24.6 Å². The molecular weight excluding hydrogens is 524 g/mol. The molecule has 10 heteroatoms. The number of unbranched alkanes of at least 4 members (excludes halogenated alkanes) is 1. The summed E-state index contributed by atoms with van der Waals surface area (Å²) >= 11 is 0. The minimum absolute atomic E-state index is 0.0143. The van der Waals surface area contributed by atoms with Crippen LogP contribution in [0.1, 0.15) is 30.9 Å². The van der Waals surface area contributed by atoms with Crippen molar-refractivity contribution in [1.29, 1.82) is 0 Å². The quantitative estimate of drug-likeness (QED) is 0.318. The Morgan fingerprint density at radius 3 is 2.21 bits per heavy atom. The van der Waals surface area contributed by atoms with E-state index in [1.807, 2.05) is 37.3 Å². The summed E-state index contributed by atoms with van der Waals surface area (Å²) in [4.78, 5) is 28.6. The fourth-order valence-electron chi connectivity index (χ4n) is 4.09. The minimum Gasteiger partial charge on any atom is -0.354 e. The lowest BCUT2D eigenvalue weighted by atomic mass is 10.0. The summed E-state index contributed by atoms with van der Waals surface area (Å²) in [7, 11) is -4.00. The first-order valence-corrected chi connectivity index (χ1v) is 14.5. The number of nitrogens with zero attached hydrogens (tertiary/aromatic N) is 2. The molecule has 7 nitrogen and oxygen atoms in total. The fourth-order valence-corrected chi connectivity index (χ4v) is 4.93. The third-order valence-corrected chi connectivity index (χ3v) is 7.28. The van der Waals surface area contributed by atoms with Crippen molar-refractivity contribution >= 4 is 27.5 Å². The highest BCUT2D eigenvalue weighted by molar-refractivity contribution is 7.92. The molecule has 39 heavy (non-hydrogen) atoms. The van der Waals surface area contributed by atoms with E-state index in [2.05, 4.69) is 5.32 Å². The predicted molar refractivity (Wildman–Crippen MR) is 147 cm³/mol. The molecule has 3 aromatic carbocycles. The molecule has 0 saturated heterocycles. The Balaban J connectivity index is 2.02. The van der Waals surface area contributed by atoms with Gasteiger partial charge < -0.3 is 10.2 Å². The molecule has 0 heterocycles. The second kappa shape index (κ2) is 13.8. The summed E-state index contributed by atoms with van der Waals surface area (Å²) in [6, 6.07) is 18.6. The SMILES string of the molecule is CCCCNC(=O)[C@@H](Cc1ccccc1)N(Cc1ccc(F)cc1)C(=O)CN(c1cccc(F)c1)S(C)(=O)=O. The second-order valence-corrected chi connectivity index (χ2v) is 11.2. The van der Waals surface area contributed by atoms with Crippen molar-refractivity contribution in [2.24, 2.45) is 0 Å². The zero-order valence-corrected chi connectivity index (χ0v) is 22.8. The van der Waals surface area contributed by atoms with Crippen molar-refractivity contribution in [2.75, 3.05) is 23.7 Å². The van der Waals surface area contributed by atoms with Gasteiger partial charge >= 0.3 is 0 Å². The number of hydrogen-bond donors (Lipinski definition) is 1. The summed E-state index contributed by atoms with van der Waals surface area (Å²) in [5.74, 6) is -2.17. The maximum atomic E-state index is 14.0. The molecule has 0 spiro atoms. The fraction of sp³-hybridized carbons (Fsp3) is 0.310. The molecule has 2 amide bonds. The summed E-state index contributed by atoms with van der Waals surface area (Å²) in [6.45, 7) is 1.68. The van der Waals surface area contributed by atoms with E-state index in [4.69, 9.17) is 0 Å².